The molecule has 0 saturated carbocycles. The lowest BCUT2D eigenvalue weighted by atomic mass is 9.92. The summed E-state index contributed by atoms with van der Waals surface area (Å²) in [4.78, 5) is 2.62. The molecule has 2 unspecified atom stereocenters. The maximum atomic E-state index is 4.36. The molecule has 2 atom stereocenters. The predicted octanol–water partition coefficient (Wildman–Crippen LogP) is 1.80. The fourth-order valence-corrected chi connectivity index (χ4v) is 3.25. The first-order valence-corrected chi connectivity index (χ1v) is 7.14. The maximum Gasteiger partial charge on any atom is 0.0557 e. The second-order valence-electron chi connectivity index (χ2n) is 5.27. The van der Waals surface area contributed by atoms with Crippen molar-refractivity contribution in [1.29, 1.82) is 0 Å². The van der Waals surface area contributed by atoms with Gasteiger partial charge in [0.25, 0.3) is 0 Å². The first-order valence-electron chi connectivity index (χ1n) is 7.14. The topological polar surface area (TPSA) is 33.1 Å². The number of hydrogen-bond donors (Lipinski definition) is 1. The van der Waals surface area contributed by atoms with E-state index in [-0.39, 0.29) is 0 Å². The molecule has 0 amide bonds. The highest BCUT2D eigenvalue weighted by molar-refractivity contribution is 5.09. The smallest absolute Gasteiger partial charge is 0.0557 e. The molecule has 1 aliphatic rings. The zero-order chi connectivity index (χ0) is 13.0. The largest absolute Gasteiger partial charge is 0.319 e. The van der Waals surface area contributed by atoms with Gasteiger partial charge in [-0.25, -0.2) is 0 Å². The Balaban J connectivity index is 2.29. The SMILES string of the molecule is CCN1CCCCC(CNC)C1c1ccnn1C. The summed E-state index contributed by atoms with van der Waals surface area (Å²) in [6, 6.07) is 2.69. The van der Waals surface area contributed by atoms with Crippen molar-refractivity contribution in [2.75, 3.05) is 26.7 Å². The van der Waals surface area contributed by atoms with Crippen LogP contribution >= 0.6 is 0 Å². The van der Waals surface area contributed by atoms with Gasteiger partial charge in [-0.05, 0) is 51.5 Å². The summed E-state index contributed by atoms with van der Waals surface area (Å²) in [5.74, 6) is 0.688. The molecule has 1 aliphatic heterocycles. The van der Waals surface area contributed by atoms with Crippen LogP contribution in [-0.4, -0.2) is 41.4 Å². The maximum absolute atomic E-state index is 4.36. The van der Waals surface area contributed by atoms with Crippen LogP contribution in [-0.2, 0) is 7.05 Å². The van der Waals surface area contributed by atoms with Gasteiger partial charge in [-0.3, -0.25) is 9.58 Å². The van der Waals surface area contributed by atoms with Crippen molar-refractivity contribution in [2.24, 2.45) is 13.0 Å². The Kier molecular flexibility index (Phi) is 4.78. The molecule has 0 spiro atoms. The lowest BCUT2D eigenvalue weighted by Gasteiger charge is -2.34. The molecular formula is C14H26N4. The van der Waals surface area contributed by atoms with Crippen LogP contribution in [0.4, 0.5) is 0 Å². The fraction of sp³-hybridized carbons (Fsp3) is 0.786. The minimum Gasteiger partial charge on any atom is -0.319 e. The highest BCUT2D eigenvalue weighted by Gasteiger charge is 2.31. The predicted molar refractivity (Wildman–Crippen MR) is 74.5 cm³/mol. The van der Waals surface area contributed by atoms with E-state index in [1.807, 2.05) is 10.9 Å². The number of nitrogens with zero attached hydrogens (tertiary/aromatic N) is 3. The molecule has 2 rings (SSSR count). The molecule has 2 heterocycles. The van der Waals surface area contributed by atoms with Gasteiger partial charge in [0.05, 0.1) is 11.7 Å². The summed E-state index contributed by atoms with van der Waals surface area (Å²) in [5.41, 5.74) is 1.36. The van der Waals surface area contributed by atoms with Gasteiger partial charge in [0, 0.05) is 13.2 Å². The summed E-state index contributed by atoms with van der Waals surface area (Å²) in [7, 11) is 4.12. The molecule has 4 nitrogen and oxygen atoms in total. The Hall–Kier alpha value is -0.870. The second-order valence-corrected chi connectivity index (χ2v) is 5.27. The molecule has 1 saturated heterocycles. The zero-order valence-electron chi connectivity index (χ0n) is 11.9. The first kappa shape index (κ1) is 13.6. The molecule has 4 heteroatoms. The van der Waals surface area contributed by atoms with Gasteiger partial charge in [-0.15, -0.1) is 0 Å². The van der Waals surface area contributed by atoms with Gasteiger partial charge in [0.15, 0.2) is 0 Å². The lowest BCUT2D eigenvalue weighted by molar-refractivity contribution is 0.154. The van der Waals surface area contributed by atoms with Crippen molar-refractivity contribution in [2.45, 2.75) is 32.2 Å². The van der Waals surface area contributed by atoms with E-state index in [9.17, 15) is 0 Å². The quantitative estimate of drug-likeness (QED) is 0.884. The van der Waals surface area contributed by atoms with Crippen molar-refractivity contribution in [1.82, 2.24) is 20.0 Å². The molecule has 0 bridgehead atoms. The molecular weight excluding hydrogens is 224 g/mol. The number of nitrogens with one attached hydrogen (secondary N) is 1. The Labute approximate surface area is 110 Å². The van der Waals surface area contributed by atoms with E-state index in [1.165, 1.54) is 31.5 Å². The van der Waals surface area contributed by atoms with Crippen LogP contribution in [0.25, 0.3) is 0 Å². The van der Waals surface area contributed by atoms with Crippen molar-refractivity contribution in [3.8, 4) is 0 Å². The molecule has 102 valence electrons. The second kappa shape index (κ2) is 6.34. The molecule has 18 heavy (non-hydrogen) atoms. The van der Waals surface area contributed by atoms with Crippen LogP contribution in [0.2, 0.25) is 0 Å². The summed E-state index contributed by atoms with van der Waals surface area (Å²) in [6.45, 7) is 5.69. The van der Waals surface area contributed by atoms with Crippen molar-refractivity contribution < 1.29 is 0 Å². The lowest BCUT2D eigenvalue weighted by Crippen LogP contribution is -2.37. The van der Waals surface area contributed by atoms with Crippen LogP contribution in [0.15, 0.2) is 12.3 Å². The van der Waals surface area contributed by atoms with Crippen LogP contribution in [0.1, 0.15) is 37.9 Å². The van der Waals surface area contributed by atoms with E-state index in [2.05, 4.69) is 42.4 Å². The molecule has 0 aliphatic carbocycles. The van der Waals surface area contributed by atoms with Gasteiger partial charge in [0.2, 0.25) is 0 Å². The monoisotopic (exact) mass is 250 g/mol. The molecule has 0 aromatic carbocycles. The third-order valence-corrected chi connectivity index (χ3v) is 4.14. The number of hydrogen-bond acceptors (Lipinski definition) is 3. The average molecular weight is 250 g/mol. The first-order chi connectivity index (χ1) is 8.77. The van der Waals surface area contributed by atoms with Crippen molar-refractivity contribution >= 4 is 0 Å². The highest BCUT2D eigenvalue weighted by atomic mass is 15.3. The van der Waals surface area contributed by atoms with E-state index in [4.69, 9.17) is 0 Å². The normalized spacial score (nSPS) is 26.2. The fourth-order valence-electron chi connectivity index (χ4n) is 3.25. The molecule has 0 radical (unpaired) electrons. The number of rotatable bonds is 4. The minimum absolute atomic E-state index is 0.512. The number of likely N-dealkylation sites (tertiary alicyclic amines) is 1. The highest BCUT2D eigenvalue weighted by Crippen LogP contribution is 2.34. The van der Waals surface area contributed by atoms with Gasteiger partial charge in [0.1, 0.15) is 0 Å². The van der Waals surface area contributed by atoms with Gasteiger partial charge < -0.3 is 5.32 Å². The zero-order valence-corrected chi connectivity index (χ0v) is 11.9. The third kappa shape index (κ3) is 2.75. The molecule has 1 fully saturated rings. The average Bonchev–Trinajstić information content (AvgIpc) is 2.68. The molecule has 1 N–H and O–H groups in total. The summed E-state index contributed by atoms with van der Waals surface area (Å²) in [5, 5.41) is 7.72. The van der Waals surface area contributed by atoms with E-state index in [0.29, 0.717) is 12.0 Å². The van der Waals surface area contributed by atoms with Crippen molar-refractivity contribution in [3.63, 3.8) is 0 Å². The van der Waals surface area contributed by atoms with Crippen molar-refractivity contribution in [3.05, 3.63) is 18.0 Å². The van der Waals surface area contributed by atoms with E-state index in [0.717, 1.165) is 13.1 Å². The van der Waals surface area contributed by atoms with E-state index < -0.39 is 0 Å². The summed E-state index contributed by atoms with van der Waals surface area (Å²) < 4.78 is 2.04. The van der Waals surface area contributed by atoms with Gasteiger partial charge >= 0.3 is 0 Å². The van der Waals surface area contributed by atoms with Crippen LogP contribution in [0, 0.1) is 5.92 Å². The number of aryl methyl sites for hydroxylation is 1. The minimum atomic E-state index is 0.512. The van der Waals surface area contributed by atoms with E-state index in [1.54, 1.807) is 0 Å². The molecule has 1 aromatic heterocycles. The Morgan fingerprint density at radius 2 is 2.28 bits per heavy atom. The number of aromatic nitrogens is 2. The Morgan fingerprint density at radius 1 is 1.44 bits per heavy atom. The summed E-state index contributed by atoms with van der Waals surface area (Å²) >= 11 is 0. The van der Waals surface area contributed by atoms with Gasteiger partial charge in [-0.1, -0.05) is 13.3 Å². The standard InChI is InChI=1S/C14H26N4/c1-4-18-10-6-5-7-12(11-15-2)14(18)13-8-9-16-17(13)3/h8-9,12,14-15H,4-7,10-11H2,1-3H3. The molecule has 1 aromatic rings. The van der Waals surface area contributed by atoms with E-state index >= 15 is 0 Å². The van der Waals surface area contributed by atoms with Crippen LogP contribution < -0.4 is 5.32 Å². The van der Waals surface area contributed by atoms with Crippen LogP contribution in [0.5, 0.6) is 0 Å². The third-order valence-electron chi connectivity index (χ3n) is 4.14. The Bertz CT molecular complexity index is 360. The Morgan fingerprint density at radius 3 is 2.89 bits per heavy atom. The van der Waals surface area contributed by atoms with Crippen LogP contribution in [0.3, 0.4) is 0 Å². The van der Waals surface area contributed by atoms with Gasteiger partial charge in [-0.2, -0.15) is 5.10 Å². The summed E-state index contributed by atoms with van der Waals surface area (Å²) in [6.07, 6.45) is 5.90.